The van der Waals surface area contributed by atoms with Crippen LogP contribution in [0.5, 0.6) is 5.75 Å². The first-order chi connectivity index (χ1) is 12.8. The Hall–Kier alpha value is -2.42. The molecule has 2 rings (SSSR count). The quantitative estimate of drug-likeness (QED) is 0.364. The minimum Gasteiger partial charge on any atom is -0.491 e. The van der Waals surface area contributed by atoms with Gasteiger partial charge in [-0.25, -0.2) is 5.84 Å². The molecule has 8 nitrogen and oxygen atoms in total. The van der Waals surface area contributed by atoms with Gasteiger partial charge >= 0.3 is 0 Å². The number of nitrogens with two attached hydrogens (primary N) is 1. The average molecular weight is 374 g/mol. The van der Waals surface area contributed by atoms with E-state index in [0.29, 0.717) is 18.9 Å². The van der Waals surface area contributed by atoms with Crippen LogP contribution in [0.4, 0.5) is 11.6 Å². The van der Waals surface area contributed by atoms with Crippen LogP contribution < -0.4 is 26.2 Å². The number of ether oxygens (including phenoxy) is 1. The molecule has 0 saturated heterocycles. The first kappa shape index (κ1) is 20.9. The number of aliphatic hydroxyl groups is 1. The number of hydrogen-bond acceptors (Lipinski definition) is 8. The van der Waals surface area contributed by atoms with Crippen molar-refractivity contribution in [2.75, 3.05) is 37.1 Å². The third-order valence-electron chi connectivity index (χ3n) is 4.16. The van der Waals surface area contributed by atoms with Crippen LogP contribution in [0.1, 0.15) is 19.4 Å². The lowest BCUT2D eigenvalue weighted by atomic mass is 10.0. The first-order valence-corrected chi connectivity index (χ1v) is 8.94. The van der Waals surface area contributed by atoms with Crippen molar-refractivity contribution in [1.82, 2.24) is 15.5 Å². The smallest absolute Gasteiger partial charge is 0.162 e. The van der Waals surface area contributed by atoms with Gasteiger partial charge in [-0.3, -0.25) is 0 Å². The summed E-state index contributed by atoms with van der Waals surface area (Å²) in [6.45, 7) is 7.47. The van der Waals surface area contributed by atoms with E-state index in [0.717, 1.165) is 17.1 Å². The second-order valence-corrected chi connectivity index (χ2v) is 7.27. The van der Waals surface area contributed by atoms with E-state index in [2.05, 4.69) is 34.8 Å². The second-order valence-electron chi connectivity index (χ2n) is 7.27. The number of hydrogen-bond donors (Lipinski definition) is 4. The average Bonchev–Trinajstić information content (AvgIpc) is 2.65. The van der Waals surface area contributed by atoms with E-state index < -0.39 is 6.10 Å². The molecule has 1 heterocycles. The molecule has 8 heteroatoms. The molecule has 0 aliphatic carbocycles. The van der Waals surface area contributed by atoms with Crippen LogP contribution in [0.3, 0.4) is 0 Å². The number of nitrogens with one attached hydrogen (secondary N) is 2. The van der Waals surface area contributed by atoms with E-state index in [1.54, 1.807) is 6.07 Å². The number of para-hydroxylation sites is 1. The predicted molar refractivity (Wildman–Crippen MR) is 108 cm³/mol. The molecule has 1 aromatic heterocycles. The number of hydrazine groups is 1. The Morgan fingerprint density at radius 1 is 1.22 bits per heavy atom. The number of nitrogens with zero attached hydrogens (tertiary/aromatic N) is 3. The van der Waals surface area contributed by atoms with E-state index in [1.165, 1.54) is 0 Å². The van der Waals surface area contributed by atoms with Crippen molar-refractivity contribution in [3.8, 4) is 5.75 Å². The SMILES string of the molecule is Cc1ccccc1OCC(O)CNC(C)(C)CN(C)c1ccc(NN)nn1. The zero-order valence-electron chi connectivity index (χ0n) is 16.4. The van der Waals surface area contributed by atoms with Crippen LogP contribution >= 0.6 is 0 Å². The molecular weight excluding hydrogens is 344 g/mol. The molecule has 0 amide bonds. The summed E-state index contributed by atoms with van der Waals surface area (Å²) in [6, 6.07) is 11.4. The Bertz CT molecular complexity index is 708. The lowest BCUT2D eigenvalue weighted by molar-refractivity contribution is 0.0990. The minimum atomic E-state index is -0.608. The van der Waals surface area contributed by atoms with Gasteiger partial charge in [0.25, 0.3) is 0 Å². The molecule has 0 aliphatic rings. The third-order valence-corrected chi connectivity index (χ3v) is 4.16. The van der Waals surface area contributed by atoms with Crippen molar-refractivity contribution in [2.24, 2.45) is 5.84 Å². The summed E-state index contributed by atoms with van der Waals surface area (Å²) < 4.78 is 5.70. The molecule has 0 spiro atoms. The molecule has 148 valence electrons. The van der Waals surface area contributed by atoms with Crippen LogP contribution in [-0.2, 0) is 0 Å². The van der Waals surface area contributed by atoms with Gasteiger partial charge in [0.1, 0.15) is 18.5 Å². The molecule has 27 heavy (non-hydrogen) atoms. The van der Waals surface area contributed by atoms with Crippen LogP contribution in [0.25, 0.3) is 0 Å². The molecule has 1 aromatic carbocycles. The van der Waals surface area contributed by atoms with Gasteiger partial charge in [0, 0.05) is 25.7 Å². The molecule has 0 saturated carbocycles. The lowest BCUT2D eigenvalue weighted by Crippen LogP contribution is -2.51. The maximum atomic E-state index is 10.2. The topological polar surface area (TPSA) is 109 Å². The van der Waals surface area contributed by atoms with E-state index in [-0.39, 0.29) is 12.1 Å². The van der Waals surface area contributed by atoms with Crippen molar-refractivity contribution in [3.63, 3.8) is 0 Å². The molecule has 0 bridgehead atoms. The summed E-state index contributed by atoms with van der Waals surface area (Å²) >= 11 is 0. The van der Waals surface area contributed by atoms with E-state index in [4.69, 9.17) is 10.6 Å². The van der Waals surface area contributed by atoms with E-state index >= 15 is 0 Å². The molecule has 1 atom stereocenters. The van der Waals surface area contributed by atoms with Crippen LogP contribution in [0, 0.1) is 6.92 Å². The predicted octanol–water partition coefficient (Wildman–Crippen LogP) is 1.31. The van der Waals surface area contributed by atoms with Crippen molar-refractivity contribution in [3.05, 3.63) is 42.0 Å². The molecular formula is C19H30N6O2. The van der Waals surface area contributed by atoms with Crippen molar-refractivity contribution in [2.45, 2.75) is 32.4 Å². The van der Waals surface area contributed by atoms with Crippen LogP contribution in [-0.4, -0.2) is 53.7 Å². The van der Waals surface area contributed by atoms with Crippen molar-refractivity contribution >= 4 is 11.6 Å². The molecule has 2 aromatic rings. The van der Waals surface area contributed by atoms with Gasteiger partial charge in [0.2, 0.25) is 0 Å². The molecule has 0 fully saturated rings. The molecule has 1 unspecified atom stereocenters. The Morgan fingerprint density at radius 3 is 2.59 bits per heavy atom. The Kier molecular flexibility index (Phi) is 7.35. The maximum absolute atomic E-state index is 10.2. The normalized spacial score (nSPS) is 12.5. The number of nitrogen functional groups attached to an aromatic ring is 1. The van der Waals surface area contributed by atoms with Crippen molar-refractivity contribution in [1.29, 1.82) is 0 Å². The van der Waals surface area contributed by atoms with Gasteiger partial charge < -0.3 is 25.5 Å². The molecule has 5 N–H and O–H groups in total. The zero-order valence-corrected chi connectivity index (χ0v) is 16.4. The van der Waals surface area contributed by atoms with Crippen molar-refractivity contribution < 1.29 is 9.84 Å². The van der Waals surface area contributed by atoms with Gasteiger partial charge in [-0.2, -0.15) is 0 Å². The van der Waals surface area contributed by atoms with Gasteiger partial charge in [-0.15, -0.1) is 10.2 Å². The molecule has 0 aliphatic heterocycles. The Morgan fingerprint density at radius 2 is 1.96 bits per heavy atom. The monoisotopic (exact) mass is 374 g/mol. The number of benzene rings is 1. The minimum absolute atomic E-state index is 0.239. The van der Waals surface area contributed by atoms with Crippen LogP contribution in [0.2, 0.25) is 0 Å². The summed E-state index contributed by atoms with van der Waals surface area (Å²) in [6.07, 6.45) is -0.608. The third kappa shape index (κ3) is 6.67. The largest absolute Gasteiger partial charge is 0.491 e. The Balaban J connectivity index is 1.79. The Labute approximate surface area is 160 Å². The fourth-order valence-electron chi connectivity index (χ4n) is 2.69. The van der Waals surface area contributed by atoms with Gasteiger partial charge in [0.05, 0.1) is 0 Å². The lowest BCUT2D eigenvalue weighted by Gasteiger charge is -2.32. The van der Waals surface area contributed by atoms with Gasteiger partial charge in [-0.05, 0) is 44.5 Å². The summed E-state index contributed by atoms with van der Waals surface area (Å²) in [4.78, 5) is 2.00. The number of rotatable bonds is 10. The fraction of sp³-hybridized carbons (Fsp3) is 0.474. The number of aromatic nitrogens is 2. The number of likely N-dealkylation sites (N-methyl/N-ethyl adjacent to an activating group) is 1. The second kappa shape index (κ2) is 9.50. The van der Waals surface area contributed by atoms with Gasteiger partial charge in [0.15, 0.2) is 11.6 Å². The number of β-amino-alcohol motifs (C(OH)–C–C–N with tert-alkyl or cyclic N) is 1. The molecule has 0 radical (unpaired) electrons. The number of anilines is 2. The van der Waals surface area contributed by atoms with E-state index in [9.17, 15) is 5.11 Å². The van der Waals surface area contributed by atoms with Gasteiger partial charge in [-0.1, -0.05) is 18.2 Å². The first-order valence-electron chi connectivity index (χ1n) is 8.94. The summed E-state index contributed by atoms with van der Waals surface area (Å²) in [7, 11) is 1.95. The highest BCUT2D eigenvalue weighted by atomic mass is 16.5. The zero-order chi connectivity index (χ0) is 19.9. The highest BCUT2D eigenvalue weighted by molar-refractivity contribution is 5.42. The summed E-state index contributed by atoms with van der Waals surface area (Å²) in [5.74, 6) is 7.36. The number of aryl methyl sites for hydroxylation is 1. The maximum Gasteiger partial charge on any atom is 0.162 e. The summed E-state index contributed by atoms with van der Waals surface area (Å²) in [5, 5.41) is 21.7. The fourth-order valence-corrected chi connectivity index (χ4v) is 2.69. The number of aliphatic hydroxyl groups excluding tert-OH is 1. The highest BCUT2D eigenvalue weighted by Gasteiger charge is 2.22. The standard InChI is InChI=1S/C19H30N6O2/c1-14-7-5-6-8-16(14)27-12-15(26)11-21-19(2,3)13-25(4)18-10-9-17(22-20)23-24-18/h5-10,15,21,26H,11-13,20H2,1-4H3,(H,22,23). The van der Waals surface area contributed by atoms with E-state index in [1.807, 2.05) is 49.2 Å². The van der Waals surface area contributed by atoms with Crippen LogP contribution in [0.15, 0.2) is 36.4 Å². The summed E-state index contributed by atoms with van der Waals surface area (Å²) in [5.41, 5.74) is 3.26. The highest BCUT2D eigenvalue weighted by Crippen LogP contribution is 2.16.